The second kappa shape index (κ2) is 7.02. The van der Waals surface area contributed by atoms with E-state index in [0.717, 1.165) is 57.2 Å². The summed E-state index contributed by atoms with van der Waals surface area (Å²) < 4.78 is 5.49. The second-order valence-electron chi connectivity index (χ2n) is 7.99. The fourth-order valence-corrected chi connectivity index (χ4v) is 4.58. The van der Waals surface area contributed by atoms with E-state index < -0.39 is 0 Å². The van der Waals surface area contributed by atoms with Crippen molar-refractivity contribution < 1.29 is 9.53 Å². The topological polar surface area (TPSA) is 65.4 Å². The highest BCUT2D eigenvalue weighted by Crippen LogP contribution is 2.47. The highest BCUT2D eigenvalue weighted by molar-refractivity contribution is 5.94. The average Bonchev–Trinajstić information content (AvgIpc) is 3.10. The van der Waals surface area contributed by atoms with Crippen molar-refractivity contribution in [2.24, 2.45) is 0 Å². The number of nitrogens with zero attached hydrogens (tertiary/aromatic N) is 2. The zero-order valence-electron chi connectivity index (χ0n) is 15.4. The lowest BCUT2D eigenvalue weighted by Gasteiger charge is -2.30. The fourth-order valence-electron chi connectivity index (χ4n) is 4.58. The van der Waals surface area contributed by atoms with Crippen LogP contribution in [-0.4, -0.2) is 49.2 Å². The minimum Gasteiger partial charge on any atom is -0.380 e. The molecule has 0 radical (unpaired) electrons. The molecule has 1 amide bonds. The van der Waals surface area contributed by atoms with Crippen molar-refractivity contribution in [2.75, 3.05) is 20.2 Å². The second-order valence-corrected chi connectivity index (χ2v) is 7.99. The molecule has 1 aromatic carbocycles. The largest absolute Gasteiger partial charge is 0.380 e. The Labute approximate surface area is 155 Å². The van der Waals surface area contributed by atoms with Crippen LogP contribution in [0.15, 0.2) is 24.3 Å². The lowest BCUT2D eigenvalue weighted by molar-refractivity contribution is 0.0873. The Morgan fingerprint density at radius 1 is 1.27 bits per heavy atom. The number of hydrogen-bond acceptors (Lipinski definition) is 4. The maximum absolute atomic E-state index is 12.7. The van der Waals surface area contributed by atoms with Gasteiger partial charge in [0, 0.05) is 37.8 Å². The first kappa shape index (κ1) is 17.5. The van der Waals surface area contributed by atoms with Crippen molar-refractivity contribution in [1.29, 1.82) is 5.26 Å². The van der Waals surface area contributed by atoms with Gasteiger partial charge in [0.15, 0.2) is 0 Å². The van der Waals surface area contributed by atoms with Crippen LogP contribution in [0, 0.1) is 11.3 Å². The number of likely N-dealkylation sites (tertiary alicyclic amines) is 1. The van der Waals surface area contributed by atoms with Gasteiger partial charge >= 0.3 is 0 Å². The van der Waals surface area contributed by atoms with E-state index in [1.165, 1.54) is 0 Å². The monoisotopic (exact) mass is 353 g/mol. The van der Waals surface area contributed by atoms with Gasteiger partial charge in [-0.05, 0) is 56.2 Å². The van der Waals surface area contributed by atoms with Gasteiger partial charge in [-0.2, -0.15) is 5.26 Å². The van der Waals surface area contributed by atoms with E-state index in [9.17, 15) is 10.1 Å². The lowest BCUT2D eigenvalue weighted by Crippen LogP contribution is -2.48. The van der Waals surface area contributed by atoms with Gasteiger partial charge in [-0.3, -0.25) is 9.69 Å². The minimum absolute atomic E-state index is 0.00209. The molecular formula is C21H27N3O2. The van der Waals surface area contributed by atoms with E-state index in [1.54, 1.807) is 7.11 Å². The molecule has 4 rings (SSSR count). The Morgan fingerprint density at radius 2 is 2.04 bits per heavy atom. The van der Waals surface area contributed by atoms with Gasteiger partial charge in [0.25, 0.3) is 5.91 Å². The third kappa shape index (κ3) is 3.24. The van der Waals surface area contributed by atoms with Crippen molar-refractivity contribution in [3.8, 4) is 6.07 Å². The quantitative estimate of drug-likeness (QED) is 0.884. The Bertz CT molecular complexity index is 705. The maximum Gasteiger partial charge on any atom is 0.251 e. The number of amides is 1. The number of hydrogen-bond donors (Lipinski definition) is 1. The number of carbonyl (C=O) groups excluding carboxylic acids is 1. The van der Waals surface area contributed by atoms with Crippen LogP contribution in [0.2, 0.25) is 0 Å². The van der Waals surface area contributed by atoms with Gasteiger partial charge in [0.05, 0.1) is 17.6 Å². The Hall–Kier alpha value is -1.90. The molecule has 1 saturated heterocycles. The molecule has 1 heterocycles. The van der Waals surface area contributed by atoms with Crippen LogP contribution in [0.25, 0.3) is 0 Å². The molecule has 2 aliphatic carbocycles. The highest BCUT2D eigenvalue weighted by atomic mass is 16.5. The predicted octanol–water partition coefficient (Wildman–Crippen LogP) is 2.61. The summed E-state index contributed by atoms with van der Waals surface area (Å²) >= 11 is 0. The van der Waals surface area contributed by atoms with Crippen LogP contribution in [0.5, 0.6) is 0 Å². The molecule has 3 atom stereocenters. The summed E-state index contributed by atoms with van der Waals surface area (Å²) in [6, 6.07) is 10.7. The number of carbonyl (C=O) groups is 1. The lowest BCUT2D eigenvalue weighted by atomic mass is 9.96. The van der Waals surface area contributed by atoms with Gasteiger partial charge in [-0.15, -0.1) is 0 Å². The van der Waals surface area contributed by atoms with Crippen molar-refractivity contribution in [3.63, 3.8) is 0 Å². The third-order valence-electron chi connectivity index (χ3n) is 6.44. The first-order valence-corrected chi connectivity index (χ1v) is 9.75. The smallest absolute Gasteiger partial charge is 0.251 e. The number of nitriles is 1. The Balaban J connectivity index is 1.39. The zero-order chi connectivity index (χ0) is 18.1. The molecule has 1 aliphatic heterocycles. The summed E-state index contributed by atoms with van der Waals surface area (Å²) in [4.78, 5) is 15.2. The molecule has 0 aromatic heterocycles. The molecule has 2 saturated carbocycles. The van der Waals surface area contributed by atoms with Gasteiger partial charge in [-0.25, -0.2) is 0 Å². The summed E-state index contributed by atoms with van der Waals surface area (Å²) in [6.45, 7) is 2.03. The molecule has 3 aliphatic rings. The molecule has 138 valence electrons. The van der Waals surface area contributed by atoms with Gasteiger partial charge in [0.1, 0.15) is 0 Å². The zero-order valence-corrected chi connectivity index (χ0v) is 15.4. The highest BCUT2D eigenvalue weighted by Gasteiger charge is 2.44. The first-order valence-electron chi connectivity index (χ1n) is 9.75. The fraction of sp³-hybridized carbons (Fsp3) is 0.619. The Kier molecular flexibility index (Phi) is 4.73. The van der Waals surface area contributed by atoms with E-state index >= 15 is 0 Å². The normalized spacial score (nSPS) is 30.1. The predicted molar refractivity (Wildman–Crippen MR) is 98.8 cm³/mol. The molecule has 1 unspecified atom stereocenters. The number of ether oxygens (including phenoxy) is 1. The van der Waals surface area contributed by atoms with Crippen molar-refractivity contribution in [2.45, 2.75) is 62.1 Å². The average molecular weight is 353 g/mol. The number of nitrogens with one attached hydrogen (secondary N) is 1. The van der Waals surface area contributed by atoms with E-state index in [-0.39, 0.29) is 17.4 Å². The SMILES string of the molecule is COC1CCN([C@H]2CCC[C@H]2NC(=O)c2ccc(C3(C#N)CC3)cc2)C1. The molecule has 1 aromatic rings. The molecular weight excluding hydrogens is 326 g/mol. The van der Waals surface area contributed by atoms with Gasteiger partial charge < -0.3 is 10.1 Å². The number of methoxy groups -OCH3 is 1. The van der Waals surface area contributed by atoms with Crippen LogP contribution in [0.3, 0.4) is 0 Å². The van der Waals surface area contributed by atoms with Crippen LogP contribution in [0.4, 0.5) is 0 Å². The van der Waals surface area contributed by atoms with E-state index in [1.807, 2.05) is 24.3 Å². The summed E-state index contributed by atoms with van der Waals surface area (Å²) in [5, 5.41) is 12.6. The minimum atomic E-state index is -0.292. The summed E-state index contributed by atoms with van der Waals surface area (Å²) in [7, 11) is 1.78. The molecule has 5 nitrogen and oxygen atoms in total. The van der Waals surface area contributed by atoms with Crippen LogP contribution in [0.1, 0.15) is 54.4 Å². The van der Waals surface area contributed by atoms with Crippen LogP contribution >= 0.6 is 0 Å². The van der Waals surface area contributed by atoms with Crippen molar-refractivity contribution >= 4 is 5.91 Å². The van der Waals surface area contributed by atoms with E-state index in [4.69, 9.17) is 4.74 Å². The Morgan fingerprint density at radius 3 is 2.65 bits per heavy atom. The van der Waals surface area contributed by atoms with E-state index in [2.05, 4.69) is 16.3 Å². The number of rotatable bonds is 5. The third-order valence-corrected chi connectivity index (χ3v) is 6.44. The summed E-state index contributed by atoms with van der Waals surface area (Å²) in [5.74, 6) is -0.00209. The molecule has 3 fully saturated rings. The first-order chi connectivity index (χ1) is 12.6. The summed E-state index contributed by atoms with van der Waals surface area (Å²) in [5.41, 5.74) is 1.43. The molecule has 5 heteroatoms. The van der Waals surface area contributed by atoms with Gasteiger partial charge in [0.2, 0.25) is 0 Å². The summed E-state index contributed by atoms with van der Waals surface area (Å²) in [6.07, 6.45) is 6.61. The van der Waals surface area contributed by atoms with Crippen molar-refractivity contribution in [3.05, 3.63) is 35.4 Å². The standard InChI is InChI=1S/C21H27N3O2/c1-26-17-9-12-24(13-17)19-4-2-3-18(19)23-20(25)15-5-7-16(8-6-15)21(14-22)10-11-21/h5-8,17-19H,2-4,9-13H2,1H3,(H,23,25)/t17?,18-,19+/m1/s1. The maximum atomic E-state index is 12.7. The molecule has 0 spiro atoms. The molecule has 0 bridgehead atoms. The van der Waals surface area contributed by atoms with Crippen LogP contribution < -0.4 is 5.32 Å². The molecule has 26 heavy (non-hydrogen) atoms. The number of benzene rings is 1. The van der Waals surface area contributed by atoms with Crippen molar-refractivity contribution in [1.82, 2.24) is 10.2 Å². The van der Waals surface area contributed by atoms with E-state index in [0.29, 0.717) is 17.7 Å². The van der Waals surface area contributed by atoms with Crippen LogP contribution in [-0.2, 0) is 10.2 Å². The van der Waals surface area contributed by atoms with Gasteiger partial charge in [-0.1, -0.05) is 12.1 Å². The molecule has 1 N–H and O–H groups in total.